The van der Waals surface area contributed by atoms with E-state index in [1.54, 1.807) is 19.2 Å². The SMILES string of the molecule is COc1cc(C(O)(O)C(O)(O)NC(=O)C(N)C(C)C)c(OC)cc1Br. The predicted octanol–water partition coefficient (Wildman–Crippen LogP) is -0.658. The molecule has 0 aliphatic carbocycles. The zero-order valence-electron chi connectivity index (χ0n) is 14.3. The van der Waals surface area contributed by atoms with Crippen molar-refractivity contribution in [3.8, 4) is 11.5 Å². The van der Waals surface area contributed by atoms with Crippen LogP contribution in [0.4, 0.5) is 0 Å². The van der Waals surface area contributed by atoms with E-state index < -0.39 is 29.2 Å². The molecule has 7 N–H and O–H groups in total. The third-order valence-electron chi connectivity index (χ3n) is 3.65. The average molecular weight is 423 g/mol. The first-order chi connectivity index (χ1) is 11.4. The van der Waals surface area contributed by atoms with E-state index in [0.29, 0.717) is 4.47 Å². The number of amides is 1. The number of nitrogens with two attached hydrogens (primary N) is 1. The molecule has 142 valence electrons. The Bertz CT molecular complexity index is 635. The van der Waals surface area contributed by atoms with Crippen LogP contribution in [0.2, 0.25) is 0 Å². The molecule has 0 bridgehead atoms. The van der Waals surface area contributed by atoms with Crippen molar-refractivity contribution in [2.45, 2.75) is 31.6 Å². The largest absolute Gasteiger partial charge is 0.496 e. The summed E-state index contributed by atoms with van der Waals surface area (Å²) in [5, 5.41) is 42.6. The van der Waals surface area contributed by atoms with Gasteiger partial charge in [-0.15, -0.1) is 0 Å². The van der Waals surface area contributed by atoms with Crippen LogP contribution in [0.25, 0.3) is 0 Å². The molecule has 0 saturated carbocycles. The molecule has 1 unspecified atom stereocenters. The molecule has 0 radical (unpaired) electrons. The molecule has 0 fully saturated rings. The van der Waals surface area contributed by atoms with Gasteiger partial charge in [-0.05, 0) is 34.0 Å². The fourth-order valence-electron chi connectivity index (χ4n) is 1.97. The lowest BCUT2D eigenvalue weighted by Crippen LogP contribution is -2.65. The predicted molar refractivity (Wildman–Crippen MR) is 91.5 cm³/mol. The van der Waals surface area contributed by atoms with E-state index in [4.69, 9.17) is 15.2 Å². The van der Waals surface area contributed by atoms with Crippen LogP contribution in [0.1, 0.15) is 19.4 Å². The molecule has 0 heterocycles. The fourth-order valence-corrected chi connectivity index (χ4v) is 2.45. The maximum absolute atomic E-state index is 12.0. The number of methoxy groups -OCH3 is 2. The smallest absolute Gasteiger partial charge is 0.308 e. The van der Waals surface area contributed by atoms with Crippen molar-refractivity contribution in [2.24, 2.45) is 11.7 Å². The molecule has 0 aliphatic heterocycles. The first-order valence-electron chi connectivity index (χ1n) is 7.28. The second kappa shape index (κ2) is 7.85. The van der Waals surface area contributed by atoms with E-state index in [1.807, 2.05) is 0 Å². The molecule has 1 atom stereocenters. The molecular formula is C15H23BrN2O7. The Kier molecular flexibility index (Phi) is 6.79. The minimum Gasteiger partial charge on any atom is -0.496 e. The summed E-state index contributed by atoms with van der Waals surface area (Å²) in [6.45, 7) is 3.29. The van der Waals surface area contributed by atoms with E-state index in [9.17, 15) is 25.2 Å². The van der Waals surface area contributed by atoms with Gasteiger partial charge in [-0.2, -0.15) is 0 Å². The standard InChI is InChI=1S/C15H23BrN2O7/c1-7(2)12(17)13(19)18-15(22,23)14(20,21)8-5-11(25-4)9(16)6-10(8)24-3/h5-7,12,20-23H,17H2,1-4H3,(H,18,19). The summed E-state index contributed by atoms with van der Waals surface area (Å²) in [5.41, 5.74) is 5.18. The van der Waals surface area contributed by atoms with Crippen molar-refractivity contribution < 1.29 is 34.7 Å². The number of hydrogen-bond acceptors (Lipinski definition) is 8. The first kappa shape index (κ1) is 21.6. The van der Waals surface area contributed by atoms with Gasteiger partial charge in [0.2, 0.25) is 5.91 Å². The van der Waals surface area contributed by atoms with Crippen LogP contribution in [0.15, 0.2) is 16.6 Å². The number of ether oxygens (including phenoxy) is 2. The molecule has 1 aromatic carbocycles. The zero-order valence-corrected chi connectivity index (χ0v) is 15.9. The maximum Gasteiger partial charge on any atom is 0.308 e. The Morgan fingerprint density at radius 1 is 1.16 bits per heavy atom. The van der Waals surface area contributed by atoms with E-state index in [1.165, 1.54) is 20.3 Å². The molecule has 0 aliphatic rings. The van der Waals surface area contributed by atoms with Gasteiger partial charge in [-0.1, -0.05) is 13.8 Å². The number of nitrogens with one attached hydrogen (secondary N) is 1. The third-order valence-corrected chi connectivity index (χ3v) is 4.27. The van der Waals surface area contributed by atoms with Crippen molar-refractivity contribution in [1.29, 1.82) is 0 Å². The number of aliphatic hydroxyl groups is 4. The van der Waals surface area contributed by atoms with Crippen molar-refractivity contribution in [3.05, 3.63) is 22.2 Å². The summed E-state index contributed by atoms with van der Waals surface area (Å²) in [5.74, 6) is -8.00. The second-order valence-electron chi connectivity index (χ2n) is 5.79. The minimum absolute atomic E-state index is 0.0902. The molecule has 9 nitrogen and oxygen atoms in total. The van der Waals surface area contributed by atoms with E-state index >= 15 is 0 Å². The van der Waals surface area contributed by atoms with Gasteiger partial charge in [0.15, 0.2) is 0 Å². The molecule has 10 heteroatoms. The minimum atomic E-state index is -3.46. The van der Waals surface area contributed by atoms with Crippen LogP contribution in [-0.2, 0) is 10.6 Å². The molecule has 25 heavy (non-hydrogen) atoms. The summed E-state index contributed by atoms with van der Waals surface area (Å²) < 4.78 is 10.5. The second-order valence-corrected chi connectivity index (χ2v) is 6.64. The monoisotopic (exact) mass is 422 g/mol. The molecule has 0 aromatic heterocycles. The highest BCUT2D eigenvalue weighted by atomic mass is 79.9. The molecule has 1 amide bonds. The lowest BCUT2D eigenvalue weighted by atomic mass is 9.99. The fraction of sp³-hybridized carbons (Fsp3) is 0.533. The summed E-state index contributed by atoms with van der Waals surface area (Å²) in [6, 6.07) is 1.38. The number of carbonyl (C=O) groups is 1. The Balaban J connectivity index is 3.32. The summed E-state index contributed by atoms with van der Waals surface area (Å²) in [4.78, 5) is 12.0. The van der Waals surface area contributed by atoms with Gasteiger partial charge in [0.25, 0.3) is 5.79 Å². The van der Waals surface area contributed by atoms with Gasteiger partial charge < -0.3 is 35.6 Å². The van der Waals surface area contributed by atoms with Gasteiger partial charge in [0.05, 0.1) is 30.3 Å². The first-order valence-corrected chi connectivity index (χ1v) is 8.07. The lowest BCUT2D eigenvalue weighted by Gasteiger charge is -2.36. The van der Waals surface area contributed by atoms with Crippen molar-refractivity contribution in [1.82, 2.24) is 5.32 Å². The van der Waals surface area contributed by atoms with Crippen molar-refractivity contribution in [2.75, 3.05) is 14.2 Å². The van der Waals surface area contributed by atoms with Crippen LogP contribution in [0.5, 0.6) is 11.5 Å². The van der Waals surface area contributed by atoms with Crippen LogP contribution in [0, 0.1) is 5.92 Å². The van der Waals surface area contributed by atoms with E-state index in [0.717, 1.165) is 6.07 Å². The third kappa shape index (κ3) is 4.40. The van der Waals surface area contributed by atoms with Crippen LogP contribution in [-0.4, -0.2) is 52.5 Å². The number of carbonyl (C=O) groups excluding carboxylic acids is 1. The average Bonchev–Trinajstić information content (AvgIpc) is 2.52. The van der Waals surface area contributed by atoms with Gasteiger partial charge in [0, 0.05) is 0 Å². The van der Waals surface area contributed by atoms with Gasteiger partial charge >= 0.3 is 5.91 Å². The Morgan fingerprint density at radius 2 is 1.68 bits per heavy atom. The normalized spacial score (nSPS) is 13.6. The number of hydrogen-bond donors (Lipinski definition) is 6. The molecule has 1 aromatic rings. The van der Waals surface area contributed by atoms with Gasteiger partial charge in [-0.25, -0.2) is 0 Å². The Labute approximate surface area is 153 Å². The number of halogens is 1. The van der Waals surface area contributed by atoms with Gasteiger partial charge in [0.1, 0.15) is 11.5 Å². The van der Waals surface area contributed by atoms with E-state index in [-0.39, 0.29) is 17.4 Å². The van der Waals surface area contributed by atoms with E-state index in [2.05, 4.69) is 15.9 Å². The van der Waals surface area contributed by atoms with Crippen LogP contribution in [0.3, 0.4) is 0 Å². The summed E-state index contributed by atoms with van der Waals surface area (Å²) in [7, 11) is 2.58. The zero-order chi connectivity index (χ0) is 19.6. The lowest BCUT2D eigenvalue weighted by molar-refractivity contribution is -0.375. The molecular weight excluding hydrogens is 400 g/mol. The Morgan fingerprint density at radius 3 is 2.12 bits per heavy atom. The number of rotatable bonds is 7. The topological polar surface area (TPSA) is 154 Å². The maximum atomic E-state index is 12.0. The Hall–Kier alpha value is -1.43. The molecule has 1 rings (SSSR count). The highest BCUT2D eigenvalue weighted by molar-refractivity contribution is 9.10. The highest BCUT2D eigenvalue weighted by Crippen LogP contribution is 2.40. The number of benzene rings is 1. The van der Waals surface area contributed by atoms with Crippen LogP contribution < -0.4 is 20.5 Å². The quantitative estimate of drug-likeness (QED) is 0.316. The molecule has 0 spiro atoms. The van der Waals surface area contributed by atoms with Gasteiger partial charge in [-0.3, -0.25) is 10.1 Å². The van der Waals surface area contributed by atoms with Crippen LogP contribution >= 0.6 is 15.9 Å². The van der Waals surface area contributed by atoms with Crippen molar-refractivity contribution in [3.63, 3.8) is 0 Å². The molecule has 0 saturated heterocycles. The summed E-state index contributed by atoms with van der Waals surface area (Å²) in [6.07, 6.45) is 0. The summed E-state index contributed by atoms with van der Waals surface area (Å²) >= 11 is 3.20. The van der Waals surface area contributed by atoms with Crippen molar-refractivity contribution >= 4 is 21.8 Å². The highest BCUT2D eigenvalue weighted by Gasteiger charge is 2.52.